The number of non-ortho nitro benzene ring substituents is 1. The number of likely N-dealkylation sites (N-methyl/N-ethyl adjacent to an activating group) is 1. The molecule has 2 aromatic carbocycles. The van der Waals surface area contributed by atoms with Crippen molar-refractivity contribution in [2.75, 3.05) is 25.1 Å². The second-order valence-corrected chi connectivity index (χ2v) is 5.05. The minimum absolute atomic E-state index is 0.00763. The fourth-order valence-electron chi connectivity index (χ4n) is 2.21. The molecule has 0 radical (unpaired) electrons. The zero-order chi connectivity index (χ0) is 16.4. The van der Waals surface area contributed by atoms with E-state index in [9.17, 15) is 15.2 Å². The van der Waals surface area contributed by atoms with Gasteiger partial charge >= 0.3 is 0 Å². The van der Waals surface area contributed by atoms with Crippen molar-refractivity contribution in [2.24, 2.45) is 10.2 Å². The number of phenolic OH excluding ortho intramolecular Hbond substituents is 1. The zero-order valence-electron chi connectivity index (χ0n) is 12.3. The van der Waals surface area contributed by atoms with Crippen LogP contribution in [0.3, 0.4) is 0 Å². The fourth-order valence-corrected chi connectivity index (χ4v) is 2.21. The molecule has 1 aliphatic heterocycles. The smallest absolute Gasteiger partial charge is 0.269 e. The van der Waals surface area contributed by atoms with Crippen LogP contribution in [0.1, 0.15) is 0 Å². The molecule has 2 aromatic rings. The molecule has 23 heavy (non-hydrogen) atoms. The van der Waals surface area contributed by atoms with Crippen molar-refractivity contribution in [2.45, 2.75) is 0 Å². The minimum Gasteiger partial charge on any atom is -0.506 e. The molecule has 0 unspecified atom stereocenters. The number of azo groups is 1. The molecule has 1 N–H and O–H groups in total. The summed E-state index contributed by atoms with van der Waals surface area (Å²) >= 11 is 0. The van der Waals surface area contributed by atoms with E-state index in [0.29, 0.717) is 18.0 Å². The van der Waals surface area contributed by atoms with Gasteiger partial charge in [-0.25, -0.2) is 0 Å². The molecule has 0 saturated heterocycles. The Kier molecular flexibility index (Phi) is 3.80. The first kappa shape index (κ1) is 14.8. The van der Waals surface area contributed by atoms with Crippen molar-refractivity contribution >= 4 is 22.7 Å². The van der Waals surface area contributed by atoms with Crippen LogP contribution < -0.4 is 9.64 Å². The molecule has 0 aliphatic carbocycles. The van der Waals surface area contributed by atoms with Crippen LogP contribution in [0.2, 0.25) is 0 Å². The lowest BCUT2D eigenvalue weighted by atomic mass is 10.2. The molecule has 0 bridgehead atoms. The van der Waals surface area contributed by atoms with Crippen LogP contribution in [0.15, 0.2) is 46.6 Å². The maximum atomic E-state index is 10.6. The standard InChI is InChI=1S/C15H14N4O4/c1-18-6-7-23-15-8-12(14(20)9-13(15)18)17-16-10-2-4-11(5-3-10)19(21)22/h2-5,8-9,20H,6-7H2,1H3. The summed E-state index contributed by atoms with van der Waals surface area (Å²) in [7, 11) is 1.92. The number of nitro groups is 1. The normalized spacial score (nSPS) is 13.7. The molecule has 0 atom stereocenters. The van der Waals surface area contributed by atoms with E-state index in [1.165, 1.54) is 24.3 Å². The highest BCUT2D eigenvalue weighted by Gasteiger charge is 2.18. The summed E-state index contributed by atoms with van der Waals surface area (Å²) in [5.74, 6) is 0.626. The SMILES string of the molecule is CN1CCOc2cc(N=Nc3ccc([N+](=O)[O-])cc3)c(O)cc21. The van der Waals surface area contributed by atoms with Gasteiger partial charge in [-0.05, 0) is 12.1 Å². The van der Waals surface area contributed by atoms with Crippen molar-refractivity contribution in [3.63, 3.8) is 0 Å². The van der Waals surface area contributed by atoms with Crippen LogP contribution in [0.5, 0.6) is 11.5 Å². The number of ether oxygens (including phenoxy) is 1. The lowest BCUT2D eigenvalue weighted by Crippen LogP contribution is -2.28. The van der Waals surface area contributed by atoms with E-state index in [4.69, 9.17) is 4.74 Å². The van der Waals surface area contributed by atoms with Crippen LogP contribution in [0.25, 0.3) is 0 Å². The lowest BCUT2D eigenvalue weighted by Gasteiger charge is -2.27. The maximum Gasteiger partial charge on any atom is 0.269 e. The van der Waals surface area contributed by atoms with Crippen molar-refractivity contribution in [1.82, 2.24) is 0 Å². The number of fused-ring (bicyclic) bond motifs is 1. The van der Waals surface area contributed by atoms with Gasteiger partial charge in [0.25, 0.3) is 5.69 Å². The number of nitro benzene ring substituents is 1. The number of anilines is 1. The third kappa shape index (κ3) is 3.05. The summed E-state index contributed by atoms with van der Waals surface area (Å²) in [6.07, 6.45) is 0. The Bertz CT molecular complexity index is 774. The first-order chi connectivity index (χ1) is 11.0. The molecule has 0 aromatic heterocycles. The van der Waals surface area contributed by atoms with E-state index in [1.54, 1.807) is 12.1 Å². The highest BCUT2D eigenvalue weighted by Crippen LogP contribution is 2.41. The second-order valence-electron chi connectivity index (χ2n) is 5.05. The predicted octanol–water partition coefficient (Wildman–Crippen LogP) is 3.54. The minimum atomic E-state index is -0.482. The third-order valence-electron chi connectivity index (χ3n) is 3.49. The number of benzene rings is 2. The van der Waals surface area contributed by atoms with E-state index < -0.39 is 4.92 Å². The van der Waals surface area contributed by atoms with Gasteiger partial charge in [0.2, 0.25) is 0 Å². The molecular weight excluding hydrogens is 300 g/mol. The van der Waals surface area contributed by atoms with Gasteiger partial charge in [-0.3, -0.25) is 10.1 Å². The molecule has 0 saturated carbocycles. The van der Waals surface area contributed by atoms with Gasteiger partial charge in [0.15, 0.2) is 0 Å². The largest absolute Gasteiger partial charge is 0.506 e. The van der Waals surface area contributed by atoms with Gasteiger partial charge in [0.1, 0.15) is 23.8 Å². The number of rotatable bonds is 3. The van der Waals surface area contributed by atoms with Gasteiger partial charge in [0.05, 0.1) is 22.8 Å². The number of hydrogen-bond acceptors (Lipinski definition) is 7. The van der Waals surface area contributed by atoms with E-state index >= 15 is 0 Å². The van der Waals surface area contributed by atoms with Crippen molar-refractivity contribution in [3.8, 4) is 11.5 Å². The van der Waals surface area contributed by atoms with E-state index in [0.717, 1.165) is 12.2 Å². The predicted molar refractivity (Wildman–Crippen MR) is 84.1 cm³/mol. The molecule has 1 aliphatic rings. The summed E-state index contributed by atoms with van der Waals surface area (Å²) in [6.45, 7) is 1.31. The summed E-state index contributed by atoms with van der Waals surface area (Å²) in [5.41, 5.74) is 1.50. The molecule has 8 heteroatoms. The maximum absolute atomic E-state index is 10.6. The molecule has 0 amide bonds. The zero-order valence-corrected chi connectivity index (χ0v) is 12.3. The number of nitrogens with zero attached hydrogens (tertiary/aromatic N) is 4. The summed E-state index contributed by atoms with van der Waals surface area (Å²) in [6, 6.07) is 8.87. The quantitative estimate of drug-likeness (QED) is 0.530. The Balaban J connectivity index is 1.86. The van der Waals surface area contributed by atoms with Gasteiger partial charge < -0.3 is 14.7 Å². The van der Waals surface area contributed by atoms with Crippen molar-refractivity contribution in [1.29, 1.82) is 0 Å². The van der Waals surface area contributed by atoms with Gasteiger partial charge in [-0.15, -0.1) is 5.11 Å². The van der Waals surface area contributed by atoms with Crippen molar-refractivity contribution < 1.29 is 14.8 Å². The topological polar surface area (TPSA) is 101 Å². The molecular formula is C15H14N4O4. The number of aromatic hydroxyl groups is 1. The summed E-state index contributed by atoms with van der Waals surface area (Å²) in [5, 5.41) is 28.6. The van der Waals surface area contributed by atoms with Gasteiger partial charge in [0, 0.05) is 31.3 Å². The van der Waals surface area contributed by atoms with Crippen molar-refractivity contribution in [3.05, 3.63) is 46.5 Å². The highest BCUT2D eigenvalue weighted by atomic mass is 16.6. The highest BCUT2D eigenvalue weighted by molar-refractivity contribution is 5.70. The number of phenols is 1. The van der Waals surface area contributed by atoms with E-state index in [1.807, 2.05) is 11.9 Å². The van der Waals surface area contributed by atoms with Crippen LogP contribution in [0.4, 0.5) is 22.7 Å². The molecule has 3 rings (SSSR count). The Morgan fingerprint density at radius 3 is 2.70 bits per heavy atom. The fraction of sp³-hybridized carbons (Fsp3) is 0.200. The third-order valence-corrected chi connectivity index (χ3v) is 3.49. The molecule has 1 heterocycles. The van der Waals surface area contributed by atoms with Gasteiger partial charge in [-0.2, -0.15) is 5.11 Å². The van der Waals surface area contributed by atoms with Crippen LogP contribution >= 0.6 is 0 Å². The van der Waals surface area contributed by atoms with Crippen LogP contribution in [-0.2, 0) is 0 Å². The molecule has 0 fully saturated rings. The Labute approximate surface area is 131 Å². The molecule has 8 nitrogen and oxygen atoms in total. The lowest BCUT2D eigenvalue weighted by molar-refractivity contribution is -0.384. The Morgan fingerprint density at radius 2 is 2.00 bits per heavy atom. The molecule has 118 valence electrons. The average Bonchev–Trinajstić information content (AvgIpc) is 2.54. The monoisotopic (exact) mass is 314 g/mol. The van der Waals surface area contributed by atoms with E-state index in [-0.39, 0.29) is 17.1 Å². The summed E-state index contributed by atoms with van der Waals surface area (Å²) < 4.78 is 5.55. The van der Waals surface area contributed by atoms with E-state index in [2.05, 4.69) is 10.2 Å². The first-order valence-electron chi connectivity index (χ1n) is 6.92. The van der Waals surface area contributed by atoms with Crippen LogP contribution in [-0.4, -0.2) is 30.2 Å². The summed E-state index contributed by atoms with van der Waals surface area (Å²) in [4.78, 5) is 12.1. The first-order valence-corrected chi connectivity index (χ1v) is 6.92. The number of hydrogen-bond donors (Lipinski definition) is 1. The average molecular weight is 314 g/mol. The Morgan fingerprint density at radius 1 is 1.26 bits per heavy atom. The Hall–Kier alpha value is -3.16. The van der Waals surface area contributed by atoms with Gasteiger partial charge in [-0.1, -0.05) is 0 Å². The van der Waals surface area contributed by atoms with Crippen LogP contribution in [0, 0.1) is 10.1 Å². The second kappa shape index (κ2) is 5.91. The molecule has 0 spiro atoms.